The second kappa shape index (κ2) is 7.14. The van der Waals surface area contributed by atoms with Gasteiger partial charge in [-0.1, -0.05) is 36.7 Å². The molecule has 5 heteroatoms. The molecular weight excluding hydrogens is 388 g/mol. The van der Waals surface area contributed by atoms with Crippen LogP contribution >= 0.6 is 0 Å². The van der Waals surface area contributed by atoms with Crippen molar-refractivity contribution < 1.29 is 20.0 Å². The number of aliphatic hydroxyl groups is 2. The summed E-state index contributed by atoms with van der Waals surface area (Å²) in [5, 5.41) is 35.5. The number of oxime groups is 1. The molecule has 3 N–H and O–H groups in total. The molecule has 5 rings (SSSR count). The summed E-state index contributed by atoms with van der Waals surface area (Å²) in [6.45, 7) is 6.62. The zero-order valence-electron chi connectivity index (χ0n) is 19.0. The molecule has 1 aromatic heterocycles. The van der Waals surface area contributed by atoms with Crippen molar-refractivity contribution in [1.82, 2.24) is 0 Å². The van der Waals surface area contributed by atoms with E-state index < -0.39 is 11.6 Å². The number of aromatic nitrogens is 1. The van der Waals surface area contributed by atoms with Crippen molar-refractivity contribution in [3.05, 3.63) is 42.2 Å². The Bertz CT molecular complexity index is 914. The van der Waals surface area contributed by atoms with Gasteiger partial charge in [0.15, 0.2) is 12.4 Å². The fraction of sp³-hybridized carbons (Fsp3) is 0.692. The lowest BCUT2D eigenvalue weighted by Crippen LogP contribution is -2.72. The van der Waals surface area contributed by atoms with Crippen LogP contribution in [0.4, 0.5) is 0 Å². The van der Waals surface area contributed by atoms with E-state index in [1.165, 1.54) is 5.57 Å². The average Bonchev–Trinajstić information content (AvgIpc) is 3.01. The summed E-state index contributed by atoms with van der Waals surface area (Å²) in [6, 6.07) is 5.97. The standard InChI is InChI=1S/C26H36N2O3/c1-17(27-31)26(28-13-5-4-6-14-28)23(30)16-22-20-8-7-18-15-19(29)9-11-24(18,2)21(20)10-12-25(22,26)3/h4-7,13-14,19-23,29-30H,8-12,15-16H2,1-3H3/p+1/b27-17-/t19-,20-,21+,22-,23-,24+,25+,26-/m1/s1. The van der Waals surface area contributed by atoms with Crippen molar-refractivity contribution in [3.8, 4) is 0 Å². The number of hydrogen-bond acceptors (Lipinski definition) is 4. The van der Waals surface area contributed by atoms with Gasteiger partial charge in [0.05, 0.1) is 6.10 Å². The normalized spacial score (nSPS) is 47.2. The minimum absolute atomic E-state index is 0.166. The van der Waals surface area contributed by atoms with Crippen LogP contribution in [0.25, 0.3) is 0 Å². The molecule has 0 bridgehead atoms. The monoisotopic (exact) mass is 425 g/mol. The molecule has 4 aliphatic carbocycles. The molecule has 1 aromatic rings. The predicted octanol–water partition coefficient (Wildman–Crippen LogP) is 3.81. The highest BCUT2D eigenvalue weighted by molar-refractivity contribution is 5.89. The summed E-state index contributed by atoms with van der Waals surface area (Å²) in [6.07, 6.45) is 12.3. The van der Waals surface area contributed by atoms with Gasteiger partial charge in [0, 0.05) is 17.5 Å². The van der Waals surface area contributed by atoms with Gasteiger partial charge in [0.1, 0.15) is 11.8 Å². The van der Waals surface area contributed by atoms with Crippen molar-refractivity contribution in [2.45, 2.75) is 83.5 Å². The van der Waals surface area contributed by atoms with Crippen LogP contribution in [0, 0.1) is 28.6 Å². The van der Waals surface area contributed by atoms with Gasteiger partial charge in [-0.3, -0.25) is 0 Å². The van der Waals surface area contributed by atoms with Gasteiger partial charge in [0.25, 0.3) is 0 Å². The van der Waals surface area contributed by atoms with Crippen LogP contribution in [0.2, 0.25) is 0 Å². The molecule has 3 saturated carbocycles. The topological polar surface area (TPSA) is 76.9 Å². The number of nitrogens with zero attached hydrogens (tertiary/aromatic N) is 2. The maximum absolute atomic E-state index is 11.7. The maximum atomic E-state index is 11.7. The van der Waals surface area contributed by atoms with Crippen molar-refractivity contribution in [2.24, 2.45) is 33.7 Å². The van der Waals surface area contributed by atoms with Crippen molar-refractivity contribution in [3.63, 3.8) is 0 Å². The smallest absolute Gasteiger partial charge is 0.239 e. The van der Waals surface area contributed by atoms with Crippen LogP contribution < -0.4 is 4.57 Å². The highest BCUT2D eigenvalue weighted by atomic mass is 16.4. The molecule has 0 aromatic carbocycles. The van der Waals surface area contributed by atoms with E-state index in [0.29, 0.717) is 23.5 Å². The van der Waals surface area contributed by atoms with E-state index in [-0.39, 0.29) is 16.9 Å². The number of aliphatic hydroxyl groups excluding tert-OH is 2. The quantitative estimate of drug-likeness (QED) is 0.222. The summed E-state index contributed by atoms with van der Waals surface area (Å²) >= 11 is 0. The minimum Gasteiger partial charge on any atom is -0.411 e. The fourth-order valence-corrected chi connectivity index (χ4v) is 8.68. The zero-order valence-corrected chi connectivity index (χ0v) is 19.0. The van der Waals surface area contributed by atoms with E-state index in [0.717, 1.165) is 44.9 Å². The molecule has 168 valence electrons. The third kappa shape index (κ3) is 2.62. The van der Waals surface area contributed by atoms with Crippen molar-refractivity contribution >= 4 is 5.71 Å². The van der Waals surface area contributed by atoms with Gasteiger partial charge in [-0.25, -0.2) is 0 Å². The van der Waals surface area contributed by atoms with Gasteiger partial charge in [-0.2, -0.15) is 4.57 Å². The molecule has 0 radical (unpaired) electrons. The summed E-state index contributed by atoms with van der Waals surface area (Å²) in [5.74, 6) is 1.45. The van der Waals surface area contributed by atoms with E-state index in [1.54, 1.807) is 0 Å². The van der Waals surface area contributed by atoms with Crippen LogP contribution in [-0.4, -0.2) is 33.3 Å². The second-order valence-corrected chi connectivity index (χ2v) is 11.1. The van der Waals surface area contributed by atoms with Crippen molar-refractivity contribution in [1.29, 1.82) is 0 Å². The minimum atomic E-state index is -0.744. The summed E-state index contributed by atoms with van der Waals surface area (Å²) in [4.78, 5) is 0. The summed E-state index contributed by atoms with van der Waals surface area (Å²) in [7, 11) is 0. The summed E-state index contributed by atoms with van der Waals surface area (Å²) in [5.41, 5.74) is 1.28. The lowest BCUT2D eigenvalue weighted by atomic mass is 9.46. The Morgan fingerprint density at radius 3 is 2.52 bits per heavy atom. The molecule has 0 spiro atoms. The molecule has 0 saturated heterocycles. The van der Waals surface area contributed by atoms with Gasteiger partial charge >= 0.3 is 0 Å². The van der Waals surface area contributed by atoms with Gasteiger partial charge in [-0.05, 0) is 75.0 Å². The van der Waals surface area contributed by atoms with Gasteiger partial charge < -0.3 is 15.4 Å². The number of rotatable bonds is 2. The van der Waals surface area contributed by atoms with Gasteiger partial charge in [-0.15, -0.1) is 0 Å². The predicted molar refractivity (Wildman–Crippen MR) is 119 cm³/mol. The number of hydrogen-bond donors (Lipinski definition) is 3. The third-order valence-corrected chi connectivity index (χ3v) is 10.1. The Balaban J connectivity index is 1.61. The molecule has 31 heavy (non-hydrogen) atoms. The molecule has 0 unspecified atom stereocenters. The first kappa shape index (κ1) is 21.1. The Hall–Kier alpha value is -1.72. The molecule has 5 nitrogen and oxygen atoms in total. The molecule has 8 atom stereocenters. The average molecular weight is 426 g/mol. The molecule has 4 aliphatic rings. The third-order valence-electron chi connectivity index (χ3n) is 10.1. The number of fused-ring (bicyclic) bond motifs is 5. The molecule has 1 heterocycles. The highest BCUT2D eigenvalue weighted by Crippen LogP contribution is 2.68. The Morgan fingerprint density at radius 2 is 1.81 bits per heavy atom. The van der Waals surface area contributed by atoms with Crippen LogP contribution in [-0.2, 0) is 5.54 Å². The molecular formula is C26H37N2O3+. The first-order valence-corrected chi connectivity index (χ1v) is 12.0. The van der Waals surface area contributed by atoms with E-state index in [2.05, 4.69) is 29.6 Å². The first-order valence-electron chi connectivity index (χ1n) is 12.0. The van der Waals surface area contributed by atoms with E-state index >= 15 is 0 Å². The summed E-state index contributed by atoms with van der Waals surface area (Å²) < 4.78 is 2.11. The Morgan fingerprint density at radius 1 is 1.06 bits per heavy atom. The maximum Gasteiger partial charge on any atom is 0.239 e. The number of allylic oxidation sites excluding steroid dienone is 1. The van der Waals surface area contributed by atoms with Crippen LogP contribution in [0.3, 0.4) is 0 Å². The van der Waals surface area contributed by atoms with E-state index in [4.69, 9.17) is 0 Å². The molecule has 0 amide bonds. The lowest BCUT2D eigenvalue weighted by molar-refractivity contribution is -0.766. The fourth-order valence-electron chi connectivity index (χ4n) is 8.68. The van der Waals surface area contributed by atoms with Gasteiger partial charge in [0.2, 0.25) is 5.54 Å². The van der Waals surface area contributed by atoms with Crippen LogP contribution in [0.1, 0.15) is 65.7 Å². The second-order valence-electron chi connectivity index (χ2n) is 11.1. The zero-order chi connectivity index (χ0) is 22.0. The van der Waals surface area contributed by atoms with Crippen molar-refractivity contribution in [2.75, 3.05) is 0 Å². The molecule has 0 aliphatic heterocycles. The van der Waals surface area contributed by atoms with Crippen LogP contribution in [0.15, 0.2) is 47.4 Å². The lowest BCUT2D eigenvalue weighted by Gasteiger charge is -2.58. The SMILES string of the molecule is C/C(=N/O)[C@@]1([n+]2ccccc2)[C@H](O)C[C@@H]2[C@@H]3CC=C4C[C@H](O)CC[C@]4(C)[C@H]3CC[C@@]21C. The highest BCUT2D eigenvalue weighted by Gasteiger charge is 2.74. The largest absolute Gasteiger partial charge is 0.411 e. The Labute approximate surface area is 185 Å². The molecule has 3 fully saturated rings. The number of pyridine rings is 1. The Kier molecular flexibility index (Phi) is 4.87. The van der Waals surface area contributed by atoms with E-state index in [1.807, 2.05) is 37.5 Å². The first-order chi connectivity index (χ1) is 14.8. The van der Waals surface area contributed by atoms with Crippen LogP contribution in [0.5, 0.6) is 0 Å². The van der Waals surface area contributed by atoms with E-state index in [9.17, 15) is 15.4 Å².